The molecular weight excluding hydrogens is 202 g/mol. The second-order valence-electron chi connectivity index (χ2n) is 4.54. The van der Waals surface area contributed by atoms with Gasteiger partial charge in [-0.15, -0.1) is 0 Å². The predicted molar refractivity (Wildman–Crippen MR) is 61.4 cm³/mol. The minimum Gasteiger partial charge on any atom is -0.461 e. The van der Waals surface area contributed by atoms with Gasteiger partial charge in [-0.2, -0.15) is 5.26 Å². The van der Waals surface area contributed by atoms with Crippen LogP contribution in [0.4, 0.5) is 0 Å². The van der Waals surface area contributed by atoms with Crippen LogP contribution in [0.25, 0.3) is 0 Å². The first-order valence-corrected chi connectivity index (χ1v) is 5.83. The number of carbonyl (C=O) groups excluding carboxylic acids is 1. The summed E-state index contributed by atoms with van der Waals surface area (Å²) in [5.74, 6) is 0.799. The molecule has 1 aliphatic carbocycles. The van der Waals surface area contributed by atoms with Gasteiger partial charge in [0.1, 0.15) is 6.61 Å². The molecule has 3 nitrogen and oxygen atoms in total. The van der Waals surface area contributed by atoms with E-state index in [-0.39, 0.29) is 11.9 Å². The molecular formula is C13H19NO2. The number of carbonyl (C=O) groups is 1. The molecule has 0 aromatic carbocycles. The van der Waals surface area contributed by atoms with Gasteiger partial charge in [-0.3, -0.25) is 4.79 Å². The summed E-state index contributed by atoms with van der Waals surface area (Å²) in [6.07, 6.45) is 5.00. The Balaban J connectivity index is 2.41. The summed E-state index contributed by atoms with van der Waals surface area (Å²) in [5.41, 5.74) is 0. The number of rotatable bonds is 5. The van der Waals surface area contributed by atoms with Crippen LogP contribution >= 0.6 is 0 Å². The van der Waals surface area contributed by atoms with E-state index in [4.69, 9.17) is 10.00 Å². The Bertz CT molecular complexity index is 293. The van der Waals surface area contributed by atoms with Gasteiger partial charge in [0.25, 0.3) is 0 Å². The zero-order valence-electron chi connectivity index (χ0n) is 9.82. The molecule has 0 bridgehead atoms. The summed E-state index contributed by atoms with van der Waals surface area (Å²) in [6, 6.07) is 2.16. The molecule has 0 N–H and O–H groups in total. The highest BCUT2D eigenvalue weighted by atomic mass is 16.5. The molecule has 88 valence electrons. The van der Waals surface area contributed by atoms with E-state index in [0.717, 1.165) is 19.3 Å². The Labute approximate surface area is 97.1 Å². The molecule has 1 saturated carbocycles. The van der Waals surface area contributed by atoms with Crippen molar-refractivity contribution in [3.8, 4) is 6.07 Å². The van der Waals surface area contributed by atoms with Crippen LogP contribution in [0, 0.1) is 29.1 Å². The molecule has 3 heteroatoms. The summed E-state index contributed by atoms with van der Waals surface area (Å²) in [7, 11) is 0. The van der Waals surface area contributed by atoms with E-state index in [9.17, 15) is 4.79 Å². The van der Waals surface area contributed by atoms with Crippen LogP contribution in [0.15, 0.2) is 12.7 Å². The lowest BCUT2D eigenvalue weighted by Crippen LogP contribution is -2.20. The Morgan fingerprint density at radius 1 is 1.62 bits per heavy atom. The van der Waals surface area contributed by atoms with Crippen LogP contribution in [0.3, 0.4) is 0 Å². The van der Waals surface area contributed by atoms with E-state index in [0.29, 0.717) is 24.9 Å². The minimum atomic E-state index is -0.105. The van der Waals surface area contributed by atoms with E-state index in [1.807, 2.05) is 0 Å². The molecule has 0 aromatic rings. The van der Waals surface area contributed by atoms with Crippen molar-refractivity contribution >= 4 is 5.97 Å². The van der Waals surface area contributed by atoms with Gasteiger partial charge in [-0.1, -0.05) is 19.6 Å². The Hall–Kier alpha value is -1.30. The third-order valence-electron chi connectivity index (χ3n) is 3.29. The quantitative estimate of drug-likeness (QED) is 0.529. The average Bonchev–Trinajstić information content (AvgIpc) is 2.64. The van der Waals surface area contributed by atoms with Crippen molar-refractivity contribution in [1.82, 2.24) is 0 Å². The second-order valence-corrected chi connectivity index (χ2v) is 4.54. The first-order chi connectivity index (χ1) is 7.69. The fourth-order valence-electron chi connectivity index (χ4n) is 2.46. The molecule has 0 heterocycles. The number of esters is 1. The maximum absolute atomic E-state index is 11.7. The monoisotopic (exact) mass is 221 g/mol. The second kappa shape index (κ2) is 6.32. The highest BCUT2D eigenvalue weighted by Gasteiger charge is 2.36. The van der Waals surface area contributed by atoms with Gasteiger partial charge in [-0.05, 0) is 31.1 Å². The maximum atomic E-state index is 11.7. The molecule has 3 atom stereocenters. The number of hydrogen-bond donors (Lipinski definition) is 0. The normalized spacial score (nSPS) is 28.4. The summed E-state index contributed by atoms with van der Waals surface area (Å²) in [5, 5.41) is 8.53. The SMILES string of the molecule is C=CCOC(=O)[C@H]1C[C@H](CCC#N)C[C@H]1C. The first-order valence-electron chi connectivity index (χ1n) is 5.83. The van der Waals surface area contributed by atoms with Crippen molar-refractivity contribution in [1.29, 1.82) is 5.26 Å². The topological polar surface area (TPSA) is 50.1 Å². The lowest BCUT2D eigenvalue weighted by atomic mass is 9.98. The fraction of sp³-hybridized carbons (Fsp3) is 0.692. The van der Waals surface area contributed by atoms with Gasteiger partial charge in [0.15, 0.2) is 0 Å². The van der Waals surface area contributed by atoms with Crippen LogP contribution in [0.5, 0.6) is 0 Å². The molecule has 1 rings (SSSR count). The van der Waals surface area contributed by atoms with Crippen molar-refractivity contribution in [3.63, 3.8) is 0 Å². The highest BCUT2D eigenvalue weighted by molar-refractivity contribution is 5.73. The zero-order chi connectivity index (χ0) is 12.0. The summed E-state index contributed by atoms with van der Waals surface area (Å²) in [4.78, 5) is 11.7. The molecule has 0 radical (unpaired) electrons. The molecule has 16 heavy (non-hydrogen) atoms. The Kier molecular flexibility index (Phi) is 5.04. The number of hydrogen-bond acceptors (Lipinski definition) is 3. The van der Waals surface area contributed by atoms with Gasteiger partial charge >= 0.3 is 5.97 Å². The van der Waals surface area contributed by atoms with Gasteiger partial charge in [-0.25, -0.2) is 0 Å². The van der Waals surface area contributed by atoms with E-state index < -0.39 is 0 Å². The lowest BCUT2D eigenvalue weighted by Gasteiger charge is -2.12. The highest BCUT2D eigenvalue weighted by Crippen LogP contribution is 2.39. The van der Waals surface area contributed by atoms with E-state index in [2.05, 4.69) is 19.6 Å². The van der Waals surface area contributed by atoms with Crippen molar-refractivity contribution in [3.05, 3.63) is 12.7 Å². The predicted octanol–water partition coefficient (Wildman–Crippen LogP) is 2.68. The van der Waals surface area contributed by atoms with Gasteiger partial charge < -0.3 is 4.74 Å². The maximum Gasteiger partial charge on any atom is 0.309 e. The molecule has 0 aromatic heterocycles. The van der Waals surface area contributed by atoms with Crippen LogP contribution in [0.2, 0.25) is 0 Å². The summed E-state index contributed by atoms with van der Waals surface area (Å²) in [6.45, 7) is 5.91. The van der Waals surface area contributed by atoms with Crippen molar-refractivity contribution in [2.45, 2.75) is 32.6 Å². The number of nitriles is 1. The van der Waals surface area contributed by atoms with E-state index in [1.165, 1.54) is 0 Å². The van der Waals surface area contributed by atoms with Crippen molar-refractivity contribution < 1.29 is 9.53 Å². The van der Waals surface area contributed by atoms with E-state index in [1.54, 1.807) is 6.08 Å². The van der Waals surface area contributed by atoms with Gasteiger partial charge in [0.05, 0.1) is 12.0 Å². The Morgan fingerprint density at radius 3 is 3.00 bits per heavy atom. The van der Waals surface area contributed by atoms with Gasteiger partial charge in [0.2, 0.25) is 0 Å². The molecule has 0 saturated heterocycles. The van der Waals surface area contributed by atoms with E-state index >= 15 is 0 Å². The molecule has 0 unspecified atom stereocenters. The molecule has 1 aliphatic rings. The average molecular weight is 221 g/mol. The Morgan fingerprint density at radius 2 is 2.38 bits per heavy atom. The fourth-order valence-corrected chi connectivity index (χ4v) is 2.46. The third-order valence-corrected chi connectivity index (χ3v) is 3.29. The molecule has 0 amide bonds. The van der Waals surface area contributed by atoms with Gasteiger partial charge in [0, 0.05) is 6.42 Å². The van der Waals surface area contributed by atoms with Crippen LogP contribution < -0.4 is 0 Å². The van der Waals surface area contributed by atoms with Crippen LogP contribution in [0.1, 0.15) is 32.6 Å². The minimum absolute atomic E-state index is 0.0173. The largest absolute Gasteiger partial charge is 0.461 e. The van der Waals surface area contributed by atoms with Crippen LogP contribution in [-0.4, -0.2) is 12.6 Å². The molecule has 0 spiro atoms. The number of nitrogens with zero attached hydrogens (tertiary/aromatic N) is 1. The van der Waals surface area contributed by atoms with Crippen LogP contribution in [-0.2, 0) is 9.53 Å². The lowest BCUT2D eigenvalue weighted by molar-refractivity contribution is -0.148. The first kappa shape index (κ1) is 12.8. The smallest absolute Gasteiger partial charge is 0.309 e. The zero-order valence-corrected chi connectivity index (χ0v) is 9.82. The standard InChI is InChI=1S/C13H19NO2/c1-3-7-16-13(15)12-9-11(5-4-6-14)8-10(12)2/h3,10-12H,1,4-5,7-9H2,2H3/t10-,11-,12+/m1/s1. The third kappa shape index (κ3) is 3.37. The molecule has 1 fully saturated rings. The van der Waals surface area contributed by atoms with Crippen molar-refractivity contribution in [2.24, 2.45) is 17.8 Å². The summed E-state index contributed by atoms with van der Waals surface area (Å²) >= 11 is 0. The number of ether oxygens (including phenoxy) is 1. The summed E-state index contributed by atoms with van der Waals surface area (Å²) < 4.78 is 5.08. The molecule has 0 aliphatic heterocycles. The van der Waals surface area contributed by atoms with Crippen molar-refractivity contribution in [2.75, 3.05) is 6.61 Å².